The van der Waals surface area contributed by atoms with Crippen LogP contribution in [0.4, 0.5) is 0 Å². The Balaban J connectivity index is 2.64. The Morgan fingerprint density at radius 3 is 2.87 bits per heavy atom. The van der Waals surface area contributed by atoms with Gasteiger partial charge in [-0.15, -0.1) is 11.3 Å². The summed E-state index contributed by atoms with van der Waals surface area (Å²) in [6.07, 6.45) is -0.968. The van der Waals surface area contributed by atoms with Crippen molar-refractivity contribution in [1.29, 1.82) is 0 Å². The van der Waals surface area contributed by atoms with E-state index in [1.54, 1.807) is 0 Å². The highest BCUT2D eigenvalue weighted by molar-refractivity contribution is 7.94. The van der Waals surface area contributed by atoms with Gasteiger partial charge >= 0.3 is 0 Å². The number of thiophene rings is 1. The predicted octanol–water partition coefficient (Wildman–Crippen LogP) is 0.0869. The van der Waals surface area contributed by atoms with Gasteiger partial charge in [0.15, 0.2) is 0 Å². The minimum Gasteiger partial charge on any atom is -0.385 e. The molecule has 3 N–H and O–H groups in total. The van der Waals surface area contributed by atoms with E-state index in [2.05, 4.69) is 10.1 Å². The minimum absolute atomic E-state index is 0.0495. The average Bonchev–Trinajstić information content (AvgIpc) is 2.94. The van der Waals surface area contributed by atoms with Crippen LogP contribution in [0.2, 0.25) is 0 Å². The smallest absolute Gasteiger partial charge is 0.252 e. The van der Waals surface area contributed by atoms with Crippen LogP contribution in [0.3, 0.4) is 0 Å². The summed E-state index contributed by atoms with van der Waals surface area (Å²) in [6.45, 7) is -6.70. The van der Waals surface area contributed by atoms with Crippen molar-refractivity contribution in [3.8, 4) is 0 Å². The summed E-state index contributed by atoms with van der Waals surface area (Å²) in [5.41, 5.74) is -0.0495. The third-order valence-electron chi connectivity index (χ3n) is 3.02. The van der Waals surface area contributed by atoms with Crippen LogP contribution >= 0.6 is 11.3 Å². The molecule has 2 heterocycles. The van der Waals surface area contributed by atoms with Gasteiger partial charge in [0.25, 0.3) is 10.0 Å². The number of nitrogens with zero attached hydrogens (tertiary/aromatic N) is 1. The Kier molecular flexibility index (Phi) is 3.69. The van der Waals surface area contributed by atoms with Crippen LogP contribution in [-0.2, 0) is 24.8 Å². The van der Waals surface area contributed by atoms with Crippen molar-refractivity contribution in [2.75, 3.05) is 33.2 Å². The maximum atomic E-state index is 13.1. The Labute approximate surface area is 149 Å². The van der Waals surface area contributed by atoms with Gasteiger partial charge in [-0.2, -0.15) is 4.31 Å². The number of hydrogen-bond acceptors (Lipinski definition) is 7. The van der Waals surface area contributed by atoms with Gasteiger partial charge in [0.2, 0.25) is 10.0 Å². The fourth-order valence-electron chi connectivity index (χ4n) is 2.05. The lowest BCUT2D eigenvalue weighted by Gasteiger charge is -2.32. The summed E-state index contributed by atoms with van der Waals surface area (Å²) < 4.78 is 100. The normalized spacial score (nSPS) is 27.0. The molecule has 0 amide bonds. The molecule has 1 aromatic rings. The van der Waals surface area contributed by atoms with E-state index in [4.69, 9.17) is 13.4 Å². The lowest BCUT2D eigenvalue weighted by atomic mass is 10.1. The summed E-state index contributed by atoms with van der Waals surface area (Å²) in [5, 5.41) is 7.59. The number of nitrogens with one attached hydrogen (secondary N) is 1. The molecule has 23 heavy (non-hydrogen) atoms. The van der Waals surface area contributed by atoms with Crippen LogP contribution in [0.25, 0.3) is 0 Å². The average molecular weight is 390 g/mol. The number of ether oxygens (including phenoxy) is 1. The van der Waals surface area contributed by atoms with Crippen LogP contribution in [0.15, 0.2) is 14.5 Å². The third kappa shape index (κ3) is 3.92. The second kappa shape index (κ2) is 7.13. The first kappa shape index (κ1) is 11.9. The maximum Gasteiger partial charge on any atom is 0.252 e. The number of likely N-dealkylation sites (N-methyl/N-ethyl adjacent to an activating group) is 1. The van der Waals surface area contributed by atoms with Crippen LogP contribution in [0, 0.1) is 0 Å². The Morgan fingerprint density at radius 2 is 2.30 bits per heavy atom. The van der Waals surface area contributed by atoms with E-state index < -0.39 is 67.0 Å². The van der Waals surface area contributed by atoms with Gasteiger partial charge in [-0.1, -0.05) is 6.92 Å². The number of methoxy groups -OCH3 is 1. The number of nitrogens with two attached hydrogens (primary N) is 1. The minimum atomic E-state index is -4.58. The van der Waals surface area contributed by atoms with Crippen molar-refractivity contribution in [3.63, 3.8) is 0 Å². The molecule has 0 saturated carbocycles. The molecule has 0 aliphatic carbocycles. The highest BCUT2D eigenvalue weighted by Crippen LogP contribution is 2.39. The van der Waals surface area contributed by atoms with Gasteiger partial charge in [0.05, 0.1) is 2.74 Å². The Hall–Kier alpha value is -0.560. The maximum absolute atomic E-state index is 13.1. The van der Waals surface area contributed by atoms with Crippen molar-refractivity contribution >= 4 is 31.4 Å². The van der Waals surface area contributed by atoms with Crippen molar-refractivity contribution in [2.24, 2.45) is 5.14 Å². The van der Waals surface area contributed by atoms with E-state index in [1.165, 1.54) is 0 Å². The van der Waals surface area contributed by atoms with Crippen LogP contribution < -0.4 is 10.5 Å². The molecule has 0 spiro atoms. The number of sulfonamides is 2. The van der Waals surface area contributed by atoms with E-state index in [1.807, 2.05) is 0 Å². The van der Waals surface area contributed by atoms with Gasteiger partial charge in [-0.25, -0.2) is 22.0 Å². The fraction of sp³-hybridized carbons (Fsp3) is 0.667. The summed E-state index contributed by atoms with van der Waals surface area (Å²) in [6, 6.07) is -0.0822. The number of fused-ring (bicyclic) bond motifs is 1. The highest BCUT2D eigenvalue weighted by atomic mass is 32.3. The summed E-state index contributed by atoms with van der Waals surface area (Å²) in [4.78, 5) is 0. The number of primary sulfonamides is 1. The molecule has 1 atom stereocenters. The van der Waals surface area contributed by atoms with Gasteiger partial charge in [0.1, 0.15) is 8.42 Å². The zero-order valence-electron chi connectivity index (χ0n) is 18.4. The molecule has 2 rings (SSSR count). The molecule has 8 nitrogen and oxygen atoms in total. The van der Waals surface area contributed by atoms with E-state index in [0.717, 1.165) is 20.1 Å². The van der Waals surface area contributed by atoms with Crippen molar-refractivity contribution < 1.29 is 29.8 Å². The highest BCUT2D eigenvalue weighted by Gasteiger charge is 2.39. The zero-order chi connectivity index (χ0) is 22.6. The summed E-state index contributed by atoms with van der Waals surface area (Å²) in [7, 11) is -7.83. The molecular weight excluding hydrogens is 362 g/mol. The first-order valence-corrected chi connectivity index (χ1v) is 10.1. The lowest BCUT2D eigenvalue weighted by Crippen LogP contribution is -2.43. The van der Waals surface area contributed by atoms with E-state index >= 15 is 0 Å². The van der Waals surface area contributed by atoms with Crippen molar-refractivity contribution in [2.45, 2.75) is 27.8 Å². The topological polar surface area (TPSA) is 119 Å². The summed E-state index contributed by atoms with van der Waals surface area (Å²) in [5.74, 6) is 0. The SMILES string of the molecule is [2H]C([2H])(C)N[C@H]1CN(C([2H])([2H])CC([2H])([2H])OC)S(=O)(=O)c2sc(S(N)(=O)=O)cc21. The molecule has 132 valence electrons. The molecule has 0 radical (unpaired) electrons. The first-order valence-electron chi connectivity index (χ1n) is 9.32. The van der Waals surface area contributed by atoms with Gasteiger partial charge < -0.3 is 10.1 Å². The molecule has 1 aliphatic rings. The number of rotatable bonds is 7. The number of hydrogen-bond donors (Lipinski definition) is 2. The predicted molar refractivity (Wildman–Crippen MR) is 87.4 cm³/mol. The summed E-state index contributed by atoms with van der Waals surface area (Å²) >= 11 is 0.326. The van der Waals surface area contributed by atoms with Crippen LogP contribution in [-0.4, -0.2) is 54.3 Å². The molecule has 0 bridgehead atoms. The molecule has 0 aromatic carbocycles. The zero-order valence-corrected chi connectivity index (χ0v) is 14.8. The monoisotopic (exact) mass is 389 g/mol. The molecular formula is C12H21N3O5S3. The Morgan fingerprint density at radius 1 is 1.61 bits per heavy atom. The molecule has 11 heteroatoms. The first-order chi connectivity index (χ1) is 12.8. The van der Waals surface area contributed by atoms with Gasteiger partial charge in [-0.05, 0) is 19.0 Å². The molecule has 0 fully saturated rings. The largest absolute Gasteiger partial charge is 0.385 e. The second-order valence-corrected chi connectivity index (χ2v) is 9.42. The van der Waals surface area contributed by atoms with E-state index in [9.17, 15) is 16.8 Å². The fourth-order valence-corrected chi connectivity index (χ4v) is 6.14. The lowest BCUT2D eigenvalue weighted by molar-refractivity contribution is 0.185. The standard InChI is InChI=1S/C12H21N3O5S3/c1-3-14-10-8-15(5-4-6-20-2)23(18,19)12-9(10)7-11(21-12)22(13,16)17/h7,10,14H,3-6,8H2,1-2H3,(H2,13,16,17)/t10-/m0/s1/i3D2,5D2,6D2. The van der Waals surface area contributed by atoms with Crippen molar-refractivity contribution in [3.05, 3.63) is 11.6 Å². The van der Waals surface area contributed by atoms with Gasteiger partial charge in [-0.3, -0.25) is 0 Å². The molecule has 1 aromatic heterocycles. The second-order valence-electron chi connectivity index (χ2n) is 4.52. The molecule has 1 aliphatic heterocycles. The third-order valence-corrected chi connectivity index (χ3v) is 7.83. The Bertz CT molecular complexity index is 989. The van der Waals surface area contributed by atoms with E-state index in [0.29, 0.717) is 15.6 Å². The quantitative estimate of drug-likeness (QED) is 0.682. The van der Waals surface area contributed by atoms with E-state index in [-0.39, 0.29) is 5.56 Å². The van der Waals surface area contributed by atoms with Gasteiger partial charge in [0, 0.05) is 43.8 Å². The molecule has 0 unspecified atom stereocenters. The molecule has 0 saturated heterocycles. The van der Waals surface area contributed by atoms with Crippen LogP contribution in [0.5, 0.6) is 0 Å². The van der Waals surface area contributed by atoms with Crippen molar-refractivity contribution in [1.82, 2.24) is 9.62 Å². The van der Waals surface area contributed by atoms with Crippen LogP contribution in [0.1, 0.15) is 33.2 Å².